The van der Waals surface area contributed by atoms with Gasteiger partial charge in [-0.25, -0.2) is 0 Å². The van der Waals surface area contributed by atoms with Crippen molar-refractivity contribution in [3.8, 4) is 0 Å². The van der Waals surface area contributed by atoms with Crippen molar-refractivity contribution >= 4 is 5.91 Å². The van der Waals surface area contributed by atoms with Gasteiger partial charge in [0.05, 0.1) is 18.8 Å². The summed E-state index contributed by atoms with van der Waals surface area (Å²) in [5, 5.41) is 9.60. The van der Waals surface area contributed by atoms with E-state index in [9.17, 15) is 14.3 Å². The number of likely N-dealkylation sites (tertiary alicyclic amines) is 1. The Morgan fingerprint density at radius 2 is 2.40 bits per heavy atom. The normalized spacial score (nSPS) is 28.9. The molecule has 0 radical (unpaired) electrons. The van der Waals surface area contributed by atoms with Gasteiger partial charge in [0.2, 0.25) is 5.91 Å². The van der Waals surface area contributed by atoms with Crippen molar-refractivity contribution in [3.63, 3.8) is 0 Å². The molecule has 0 saturated carbocycles. The van der Waals surface area contributed by atoms with Gasteiger partial charge in [-0.2, -0.15) is 0 Å². The predicted octanol–water partition coefficient (Wildman–Crippen LogP) is -0.0974. The Labute approximate surface area is 89.2 Å². The van der Waals surface area contributed by atoms with E-state index in [1.165, 1.54) is 0 Å². The number of aliphatic hydroxyl groups excluding tert-OH is 1. The number of nitrogens with zero attached hydrogens (tertiary/aromatic N) is 1. The molecule has 0 unspecified atom stereocenters. The van der Waals surface area contributed by atoms with E-state index in [0.29, 0.717) is 25.9 Å². The number of piperidine rings is 1. The summed E-state index contributed by atoms with van der Waals surface area (Å²) in [6.07, 6.45) is 0.338. The standard InChI is InChI=1S/C10H19FN2O2/c1-7(12)10(15)13-5-3-9(14)8(6-13)2-4-11/h7-9,14H,2-6,12H2,1H3/t7-,8-,9+/m0/s1. The summed E-state index contributed by atoms with van der Waals surface area (Å²) in [6.45, 7) is 2.12. The first-order valence-corrected chi connectivity index (χ1v) is 5.34. The van der Waals surface area contributed by atoms with Crippen LogP contribution in [0.2, 0.25) is 0 Å². The highest BCUT2D eigenvalue weighted by Gasteiger charge is 2.30. The van der Waals surface area contributed by atoms with Gasteiger partial charge < -0.3 is 15.7 Å². The molecule has 4 nitrogen and oxygen atoms in total. The minimum absolute atomic E-state index is 0.120. The number of hydrogen-bond donors (Lipinski definition) is 2. The maximum atomic E-state index is 12.2. The monoisotopic (exact) mass is 218 g/mol. The average Bonchev–Trinajstić information content (AvgIpc) is 2.20. The fraction of sp³-hybridized carbons (Fsp3) is 0.900. The molecule has 0 aromatic heterocycles. The molecular weight excluding hydrogens is 199 g/mol. The van der Waals surface area contributed by atoms with Gasteiger partial charge in [0.1, 0.15) is 0 Å². The van der Waals surface area contributed by atoms with Gasteiger partial charge in [0.15, 0.2) is 0 Å². The summed E-state index contributed by atoms with van der Waals surface area (Å²) in [5.41, 5.74) is 5.49. The van der Waals surface area contributed by atoms with Gasteiger partial charge in [0.25, 0.3) is 0 Å². The molecule has 5 heteroatoms. The number of halogens is 1. The Morgan fingerprint density at radius 1 is 1.73 bits per heavy atom. The fourth-order valence-corrected chi connectivity index (χ4v) is 1.93. The number of nitrogens with two attached hydrogens (primary N) is 1. The van der Waals surface area contributed by atoms with Crippen LogP contribution in [0.3, 0.4) is 0 Å². The highest BCUT2D eigenvalue weighted by molar-refractivity contribution is 5.81. The molecule has 1 amide bonds. The Bertz CT molecular complexity index is 223. The van der Waals surface area contributed by atoms with Gasteiger partial charge in [-0.3, -0.25) is 9.18 Å². The van der Waals surface area contributed by atoms with Crippen LogP contribution in [-0.2, 0) is 4.79 Å². The molecule has 1 rings (SSSR count). The zero-order valence-electron chi connectivity index (χ0n) is 9.03. The topological polar surface area (TPSA) is 66.6 Å². The van der Waals surface area contributed by atoms with Crippen LogP contribution in [0.25, 0.3) is 0 Å². The van der Waals surface area contributed by atoms with E-state index in [4.69, 9.17) is 5.73 Å². The molecule has 0 bridgehead atoms. The SMILES string of the molecule is C[C@H](N)C(=O)N1CC[C@@H](O)[C@@H](CCF)C1. The van der Waals surface area contributed by atoms with Gasteiger partial charge in [-0.05, 0) is 19.8 Å². The van der Waals surface area contributed by atoms with Crippen LogP contribution < -0.4 is 5.73 Å². The third kappa shape index (κ3) is 3.14. The van der Waals surface area contributed by atoms with Gasteiger partial charge in [-0.15, -0.1) is 0 Å². The fourth-order valence-electron chi connectivity index (χ4n) is 1.93. The summed E-state index contributed by atoms with van der Waals surface area (Å²) in [7, 11) is 0. The molecule has 0 spiro atoms. The van der Waals surface area contributed by atoms with E-state index in [-0.39, 0.29) is 11.8 Å². The van der Waals surface area contributed by atoms with E-state index in [1.54, 1.807) is 11.8 Å². The minimum atomic E-state index is -0.522. The van der Waals surface area contributed by atoms with Crippen LogP contribution in [-0.4, -0.2) is 47.8 Å². The highest BCUT2D eigenvalue weighted by Crippen LogP contribution is 2.20. The minimum Gasteiger partial charge on any atom is -0.393 e. The summed E-state index contributed by atoms with van der Waals surface area (Å²) in [5.74, 6) is -0.266. The molecule has 1 heterocycles. The smallest absolute Gasteiger partial charge is 0.239 e. The van der Waals surface area contributed by atoms with Crippen molar-refractivity contribution in [3.05, 3.63) is 0 Å². The molecule has 3 N–H and O–H groups in total. The second kappa shape index (κ2) is 5.42. The third-order valence-electron chi connectivity index (χ3n) is 2.87. The molecule has 0 aromatic rings. The molecule has 1 aliphatic rings. The van der Waals surface area contributed by atoms with Crippen molar-refractivity contribution < 1.29 is 14.3 Å². The number of rotatable bonds is 3. The lowest BCUT2D eigenvalue weighted by molar-refractivity contribution is -0.136. The second-order valence-corrected chi connectivity index (χ2v) is 4.17. The summed E-state index contributed by atoms with van der Waals surface area (Å²) in [6, 6.07) is -0.522. The van der Waals surface area contributed by atoms with Gasteiger partial charge >= 0.3 is 0 Å². The number of alkyl halides is 1. The van der Waals surface area contributed by atoms with Crippen molar-refractivity contribution in [2.75, 3.05) is 19.8 Å². The lowest BCUT2D eigenvalue weighted by Gasteiger charge is -2.36. The summed E-state index contributed by atoms with van der Waals surface area (Å²) >= 11 is 0. The quantitative estimate of drug-likeness (QED) is 0.695. The number of hydrogen-bond acceptors (Lipinski definition) is 3. The Balaban J connectivity index is 2.53. The van der Waals surface area contributed by atoms with E-state index >= 15 is 0 Å². The molecule has 0 aromatic carbocycles. The Hall–Kier alpha value is -0.680. The van der Waals surface area contributed by atoms with E-state index in [0.717, 1.165) is 0 Å². The van der Waals surface area contributed by atoms with Crippen LogP contribution >= 0.6 is 0 Å². The summed E-state index contributed by atoms with van der Waals surface area (Å²) in [4.78, 5) is 13.2. The number of carbonyl (C=O) groups excluding carboxylic acids is 1. The zero-order valence-corrected chi connectivity index (χ0v) is 9.03. The first-order chi connectivity index (χ1) is 7.06. The largest absolute Gasteiger partial charge is 0.393 e. The van der Waals surface area contributed by atoms with Crippen LogP contribution in [0, 0.1) is 5.92 Å². The van der Waals surface area contributed by atoms with Crippen molar-refractivity contribution in [2.24, 2.45) is 11.7 Å². The highest BCUT2D eigenvalue weighted by atomic mass is 19.1. The summed E-state index contributed by atoms with van der Waals surface area (Å²) < 4.78 is 12.2. The van der Waals surface area contributed by atoms with Crippen LogP contribution in [0.5, 0.6) is 0 Å². The molecular formula is C10H19FN2O2. The first-order valence-electron chi connectivity index (χ1n) is 5.34. The van der Waals surface area contributed by atoms with Gasteiger partial charge in [-0.1, -0.05) is 0 Å². The lowest BCUT2D eigenvalue weighted by atomic mass is 9.92. The van der Waals surface area contributed by atoms with E-state index < -0.39 is 18.8 Å². The maximum absolute atomic E-state index is 12.2. The van der Waals surface area contributed by atoms with Crippen LogP contribution in [0.1, 0.15) is 19.8 Å². The van der Waals surface area contributed by atoms with Crippen molar-refractivity contribution in [2.45, 2.75) is 31.9 Å². The molecule has 15 heavy (non-hydrogen) atoms. The van der Waals surface area contributed by atoms with Crippen molar-refractivity contribution in [1.82, 2.24) is 4.90 Å². The Morgan fingerprint density at radius 3 is 2.93 bits per heavy atom. The number of aliphatic hydroxyl groups is 1. The molecule has 1 saturated heterocycles. The van der Waals surface area contributed by atoms with Gasteiger partial charge in [0, 0.05) is 19.0 Å². The predicted molar refractivity (Wildman–Crippen MR) is 54.9 cm³/mol. The molecule has 3 atom stereocenters. The molecule has 88 valence electrons. The molecule has 1 aliphatic heterocycles. The third-order valence-corrected chi connectivity index (χ3v) is 2.87. The van der Waals surface area contributed by atoms with Crippen LogP contribution in [0.4, 0.5) is 4.39 Å². The van der Waals surface area contributed by atoms with Crippen LogP contribution in [0.15, 0.2) is 0 Å². The van der Waals surface area contributed by atoms with Crippen molar-refractivity contribution in [1.29, 1.82) is 0 Å². The number of amides is 1. The maximum Gasteiger partial charge on any atom is 0.239 e. The second-order valence-electron chi connectivity index (χ2n) is 4.17. The zero-order chi connectivity index (χ0) is 11.4. The Kier molecular flexibility index (Phi) is 4.47. The first kappa shape index (κ1) is 12.4. The molecule has 1 fully saturated rings. The lowest BCUT2D eigenvalue weighted by Crippen LogP contribution is -2.50. The van der Waals surface area contributed by atoms with E-state index in [2.05, 4.69) is 0 Å². The average molecular weight is 218 g/mol. The molecule has 0 aliphatic carbocycles. The number of carbonyl (C=O) groups is 1. The van der Waals surface area contributed by atoms with E-state index in [1.807, 2.05) is 0 Å².